The summed E-state index contributed by atoms with van der Waals surface area (Å²) in [7, 11) is 1.82. The second-order valence-corrected chi connectivity index (χ2v) is 6.88. The Morgan fingerprint density at radius 2 is 2.04 bits per heavy atom. The van der Waals surface area contributed by atoms with E-state index in [0.29, 0.717) is 25.7 Å². The molecule has 136 valence electrons. The van der Waals surface area contributed by atoms with Gasteiger partial charge >= 0.3 is 6.03 Å². The monoisotopic (exact) mass is 348 g/mol. The van der Waals surface area contributed by atoms with E-state index in [0.717, 1.165) is 38.4 Å². The maximum absolute atomic E-state index is 12.0. The van der Waals surface area contributed by atoms with E-state index in [4.69, 9.17) is 4.74 Å². The fourth-order valence-electron chi connectivity index (χ4n) is 3.50. The van der Waals surface area contributed by atoms with Gasteiger partial charge in [0.1, 0.15) is 6.61 Å². The molecule has 0 spiro atoms. The van der Waals surface area contributed by atoms with Crippen molar-refractivity contribution in [3.8, 4) is 0 Å². The van der Waals surface area contributed by atoms with Gasteiger partial charge in [0.15, 0.2) is 0 Å². The number of hydrogen-bond donors (Lipinski definition) is 0. The molecule has 4 rings (SSSR count). The number of carbonyl (C=O) groups is 2. The number of likely N-dealkylation sites (tertiary alicyclic amines) is 1. The van der Waals surface area contributed by atoms with Gasteiger partial charge in [-0.05, 0) is 0 Å². The number of urea groups is 1. The van der Waals surface area contributed by atoms with Gasteiger partial charge in [0.25, 0.3) is 0 Å². The van der Waals surface area contributed by atoms with Crippen molar-refractivity contribution in [1.29, 1.82) is 0 Å². The normalized spacial score (nSPS) is 22.8. The van der Waals surface area contributed by atoms with E-state index in [1.165, 1.54) is 0 Å². The van der Waals surface area contributed by atoms with Crippen LogP contribution >= 0.6 is 0 Å². The summed E-state index contributed by atoms with van der Waals surface area (Å²) in [4.78, 5) is 31.4. The quantitative estimate of drug-likeness (QED) is 0.715. The van der Waals surface area contributed by atoms with E-state index < -0.39 is 0 Å². The van der Waals surface area contributed by atoms with Gasteiger partial charge in [-0.3, -0.25) is 19.3 Å². The number of likely N-dealkylation sites (N-methyl/N-ethyl adjacent to an activating group) is 1. The van der Waals surface area contributed by atoms with Crippen molar-refractivity contribution in [3.63, 3.8) is 0 Å². The minimum atomic E-state index is 0.0324. The van der Waals surface area contributed by atoms with Crippen LogP contribution in [-0.2, 0) is 9.53 Å². The van der Waals surface area contributed by atoms with Gasteiger partial charge in [-0.2, -0.15) is 5.10 Å². The molecule has 25 heavy (non-hydrogen) atoms. The summed E-state index contributed by atoms with van der Waals surface area (Å²) in [6.45, 7) is 6.49. The average Bonchev–Trinajstić information content (AvgIpc) is 3.16. The standard InChI is InChI=1S/C16H24N6O3/c1-18-2-5-21(16(18)24)13-8-17-22(11-13)14-9-19(10-14)3-4-20-6-7-25-12-15(20)23/h8,11,14H,2-7,9-10,12H2,1H3. The van der Waals surface area contributed by atoms with Crippen molar-refractivity contribution in [1.82, 2.24) is 24.5 Å². The Bertz CT molecular complexity index is 656. The molecule has 0 bridgehead atoms. The fraction of sp³-hybridized carbons (Fsp3) is 0.688. The maximum atomic E-state index is 12.0. The number of morpholine rings is 1. The summed E-state index contributed by atoms with van der Waals surface area (Å²) < 4.78 is 7.10. The molecular formula is C16H24N6O3. The number of carbonyl (C=O) groups excluding carboxylic acids is 2. The molecule has 0 unspecified atom stereocenters. The average molecular weight is 348 g/mol. The largest absolute Gasteiger partial charge is 0.370 e. The van der Waals surface area contributed by atoms with E-state index in [1.807, 2.05) is 22.8 Å². The smallest absolute Gasteiger partial charge is 0.324 e. The maximum Gasteiger partial charge on any atom is 0.324 e. The minimum Gasteiger partial charge on any atom is -0.370 e. The molecule has 3 amide bonds. The van der Waals surface area contributed by atoms with E-state index >= 15 is 0 Å². The summed E-state index contributed by atoms with van der Waals surface area (Å²) >= 11 is 0. The molecule has 3 aliphatic heterocycles. The van der Waals surface area contributed by atoms with Crippen LogP contribution in [0.2, 0.25) is 0 Å². The van der Waals surface area contributed by atoms with Crippen LogP contribution in [0, 0.1) is 0 Å². The SMILES string of the molecule is CN1CCN(c2cnn(C3CN(CCN4CCOCC4=O)C3)c2)C1=O. The zero-order valence-corrected chi connectivity index (χ0v) is 14.5. The van der Waals surface area contributed by atoms with Crippen molar-refractivity contribution >= 4 is 17.6 Å². The lowest BCUT2D eigenvalue weighted by atomic mass is 10.1. The Hall–Kier alpha value is -2.13. The Labute approximate surface area is 146 Å². The van der Waals surface area contributed by atoms with Crippen LogP contribution in [0.4, 0.5) is 10.5 Å². The third kappa shape index (κ3) is 3.21. The van der Waals surface area contributed by atoms with Crippen LogP contribution in [-0.4, -0.2) is 102 Å². The molecule has 9 nitrogen and oxygen atoms in total. The van der Waals surface area contributed by atoms with Crippen LogP contribution < -0.4 is 4.90 Å². The number of hydrogen-bond acceptors (Lipinski definition) is 5. The van der Waals surface area contributed by atoms with Gasteiger partial charge in [-0.1, -0.05) is 0 Å². The lowest BCUT2D eigenvalue weighted by molar-refractivity contribution is -0.143. The predicted octanol–water partition coefficient (Wildman–Crippen LogP) is -0.530. The highest BCUT2D eigenvalue weighted by Crippen LogP contribution is 2.24. The van der Waals surface area contributed by atoms with Crippen LogP contribution in [0.25, 0.3) is 0 Å². The summed E-state index contributed by atoms with van der Waals surface area (Å²) in [5.41, 5.74) is 0.867. The fourth-order valence-corrected chi connectivity index (χ4v) is 3.50. The molecule has 0 atom stereocenters. The lowest BCUT2D eigenvalue weighted by Crippen LogP contribution is -2.52. The molecule has 0 aliphatic carbocycles. The molecular weight excluding hydrogens is 324 g/mol. The molecule has 4 heterocycles. The van der Waals surface area contributed by atoms with Gasteiger partial charge in [0.05, 0.1) is 24.5 Å². The zero-order chi connectivity index (χ0) is 17.4. The van der Waals surface area contributed by atoms with Crippen molar-refractivity contribution in [2.75, 3.05) is 71.0 Å². The Morgan fingerprint density at radius 1 is 1.20 bits per heavy atom. The van der Waals surface area contributed by atoms with Crippen molar-refractivity contribution < 1.29 is 14.3 Å². The minimum absolute atomic E-state index is 0.0324. The lowest BCUT2D eigenvalue weighted by Gasteiger charge is -2.40. The molecule has 3 saturated heterocycles. The van der Waals surface area contributed by atoms with E-state index in [-0.39, 0.29) is 18.5 Å². The second kappa shape index (κ2) is 6.64. The third-order valence-electron chi connectivity index (χ3n) is 5.20. The molecule has 0 aromatic carbocycles. The summed E-state index contributed by atoms with van der Waals surface area (Å²) in [5, 5.41) is 4.44. The predicted molar refractivity (Wildman–Crippen MR) is 90.5 cm³/mol. The first-order valence-corrected chi connectivity index (χ1v) is 8.76. The van der Waals surface area contributed by atoms with Crippen molar-refractivity contribution in [2.24, 2.45) is 0 Å². The zero-order valence-electron chi connectivity index (χ0n) is 14.5. The number of nitrogens with zero attached hydrogens (tertiary/aromatic N) is 6. The third-order valence-corrected chi connectivity index (χ3v) is 5.20. The Morgan fingerprint density at radius 3 is 2.76 bits per heavy atom. The number of amides is 3. The topological polar surface area (TPSA) is 74.2 Å². The van der Waals surface area contributed by atoms with Crippen LogP contribution in [0.15, 0.2) is 12.4 Å². The van der Waals surface area contributed by atoms with E-state index in [1.54, 1.807) is 16.0 Å². The number of ether oxygens (including phenoxy) is 1. The van der Waals surface area contributed by atoms with Gasteiger partial charge in [-0.25, -0.2) is 4.79 Å². The van der Waals surface area contributed by atoms with Crippen LogP contribution in [0.5, 0.6) is 0 Å². The van der Waals surface area contributed by atoms with Crippen LogP contribution in [0.1, 0.15) is 6.04 Å². The van der Waals surface area contributed by atoms with Crippen LogP contribution in [0.3, 0.4) is 0 Å². The Kier molecular flexibility index (Phi) is 4.34. The molecule has 1 aromatic heterocycles. The van der Waals surface area contributed by atoms with Gasteiger partial charge in [0.2, 0.25) is 5.91 Å². The molecule has 1 aromatic rings. The molecule has 3 aliphatic rings. The molecule has 0 N–H and O–H groups in total. The van der Waals surface area contributed by atoms with Gasteiger partial charge in [-0.15, -0.1) is 0 Å². The highest BCUT2D eigenvalue weighted by molar-refractivity contribution is 5.93. The summed E-state index contributed by atoms with van der Waals surface area (Å²) in [6.07, 6.45) is 3.73. The van der Waals surface area contributed by atoms with Crippen molar-refractivity contribution in [3.05, 3.63) is 12.4 Å². The van der Waals surface area contributed by atoms with Gasteiger partial charge < -0.3 is 14.5 Å². The highest BCUT2D eigenvalue weighted by atomic mass is 16.5. The number of anilines is 1. The van der Waals surface area contributed by atoms with Gasteiger partial charge in [0, 0.05) is 59.1 Å². The molecule has 0 saturated carbocycles. The molecule has 9 heteroatoms. The highest BCUT2D eigenvalue weighted by Gasteiger charge is 2.32. The first-order chi connectivity index (χ1) is 12.1. The second-order valence-electron chi connectivity index (χ2n) is 6.88. The summed E-state index contributed by atoms with van der Waals surface area (Å²) in [5.74, 6) is 0.0836. The summed E-state index contributed by atoms with van der Waals surface area (Å²) in [6, 6.07) is 0.370. The van der Waals surface area contributed by atoms with Crippen molar-refractivity contribution in [2.45, 2.75) is 6.04 Å². The van der Waals surface area contributed by atoms with E-state index in [2.05, 4.69) is 10.00 Å². The first kappa shape index (κ1) is 16.3. The molecule has 0 radical (unpaired) electrons. The number of aromatic nitrogens is 2. The Balaban J connectivity index is 1.25. The number of rotatable bonds is 5. The molecule has 3 fully saturated rings. The first-order valence-electron chi connectivity index (χ1n) is 8.76. The van der Waals surface area contributed by atoms with E-state index in [9.17, 15) is 9.59 Å².